The topological polar surface area (TPSA) is 6.48 Å². The highest BCUT2D eigenvalue weighted by atomic mass is 79.9. The number of hydrogen-bond donors (Lipinski definition) is 0. The summed E-state index contributed by atoms with van der Waals surface area (Å²) in [4.78, 5) is 4.60. The van der Waals surface area contributed by atoms with Crippen LogP contribution in [0.3, 0.4) is 0 Å². The molecular weight excluding hydrogens is 314 g/mol. The van der Waals surface area contributed by atoms with E-state index in [4.69, 9.17) is 0 Å². The first kappa shape index (κ1) is 14.9. The van der Waals surface area contributed by atoms with Crippen molar-refractivity contribution in [3.63, 3.8) is 0 Å². The zero-order valence-corrected chi connectivity index (χ0v) is 12.5. The van der Waals surface area contributed by atoms with E-state index < -0.39 is 0 Å². The first-order chi connectivity index (χ1) is 9.19. The van der Waals surface area contributed by atoms with Gasteiger partial charge in [0.05, 0.1) is 0 Å². The van der Waals surface area contributed by atoms with Gasteiger partial charge in [0.2, 0.25) is 0 Å². The molecule has 2 nitrogen and oxygen atoms in total. The standard InChI is InChI=1S/C14H19BrF2N2/c15-4-7-18-5-1-6-19(9-8-18)11-12-10-13(16)2-3-14(12)17/h2-3,10H,1,4-9,11H2. The molecule has 1 fully saturated rings. The molecule has 0 amide bonds. The molecule has 106 valence electrons. The van der Waals surface area contributed by atoms with Crippen LogP contribution in [0.25, 0.3) is 0 Å². The lowest BCUT2D eigenvalue weighted by Crippen LogP contribution is -2.31. The summed E-state index contributed by atoms with van der Waals surface area (Å²) >= 11 is 3.45. The molecule has 5 heteroatoms. The Bertz CT molecular complexity index is 414. The Hall–Kier alpha value is -0.520. The Morgan fingerprint density at radius 2 is 1.79 bits per heavy atom. The zero-order valence-electron chi connectivity index (χ0n) is 10.9. The molecule has 0 saturated carbocycles. The van der Waals surface area contributed by atoms with Crippen LogP contribution < -0.4 is 0 Å². The summed E-state index contributed by atoms with van der Waals surface area (Å²) in [6.07, 6.45) is 1.07. The summed E-state index contributed by atoms with van der Waals surface area (Å²) in [6, 6.07) is 3.68. The van der Waals surface area contributed by atoms with Gasteiger partial charge in [0.15, 0.2) is 0 Å². The van der Waals surface area contributed by atoms with E-state index in [1.807, 2.05) is 0 Å². The summed E-state index contributed by atoms with van der Waals surface area (Å²) in [5.74, 6) is -0.685. The average molecular weight is 333 g/mol. The molecule has 1 saturated heterocycles. The minimum Gasteiger partial charge on any atom is -0.301 e. The minimum absolute atomic E-state index is 0.317. The maximum atomic E-state index is 13.6. The van der Waals surface area contributed by atoms with Crippen molar-refractivity contribution < 1.29 is 8.78 Å². The lowest BCUT2D eigenvalue weighted by atomic mass is 10.2. The van der Waals surface area contributed by atoms with E-state index in [-0.39, 0.29) is 11.6 Å². The van der Waals surface area contributed by atoms with Crippen molar-refractivity contribution in [3.8, 4) is 0 Å². The van der Waals surface area contributed by atoms with Crippen LogP contribution in [0, 0.1) is 11.6 Å². The van der Waals surface area contributed by atoms with Crippen molar-refractivity contribution >= 4 is 15.9 Å². The third-order valence-electron chi connectivity index (χ3n) is 3.48. The molecule has 0 aliphatic carbocycles. The van der Waals surface area contributed by atoms with E-state index in [0.29, 0.717) is 12.1 Å². The van der Waals surface area contributed by atoms with Crippen molar-refractivity contribution in [3.05, 3.63) is 35.4 Å². The predicted molar refractivity (Wildman–Crippen MR) is 76.5 cm³/mol. The Labute approximate surface area is 121 Å². The largest absolute Gasteiger partial charge is 0.301 e. The van der Waals surface area contributed by atoms with Crippen LogP contribution in [-0.4, -0.2) is 47.9 Å². The number of benzene rings is 1. The highest BCUT2D eigenvalue weighted by Gasteiger charge is 2.16. The summed E-state index contributed by atoms with van der Waals surface area (Å²) in [5.41, 5.74) is 0.453. The van der Waals surface area contributed by atoms with Crippen LogP contribution >= 0.6 is 15.9 Å². The summed E-state index contributed by atoms with van der Waals surface area (Å²) in [6.45, 7) is 5.45. The van der Waals surface area contributed by atoms with Crippen molar-refractivity contribution in [1.29, 1.82) is 0 Å². The van der Waals surface area contributed by atoms with Gasteiger partial charge in [0.25, 0.3) is 0 Å². The van der Waals surface area contributed by atoms with Gasteiger partial charge in [-0.15, -0.1) is 0 Å². The smallest absolute Gasteiger partial charge is 0.127 e. The maximum absolute atomic E-state index is 13.6. The molecule has 0 radical (unpaired) electrons. The van der Waals surface area contributed by atoms with Crippen LogP contribution in [-0.2, 0) is 6.54 Å². The Morgan fingerprint density at radius 1 is 1.05 bits per heavy atom. The summed E-state index contributed by atoms with van der Waals surface area (Å²) in [5, 5.41) is 0.978. The van der Waals surface area contributed by atoms with Crippen LogP contribution in [0.5, 0.6) is 0 Å². The number of hydrogen-bond acceptors (Lipinski definition) is 2. The van der Waals surface area contributed by atoms with E-state index in [1.165, 1.54) is 18.2 Å². The van der Waals surface area contributed by atoms with Crippen molar-refractivity contribution in [2.45, 2.75) is 13.0 Å². The van der Waals surface area contributed by atoms with E-state index >= 15 is 0 Å². The number of alkyl halides is 1. The maximum Gasteiger partial charge on any atom is 0.127 e. The van der Waals surface area contributed by atoms with E-state index in [9.17, 15) is 8.78 Å². The molecule has 1 aromatic carbocycles. The Morgan fingerprint density at radius 3 is 2.58 bits per heavy atom. The van der Waals surface area contributed by atoms with Gasteiger partial charge >= 0.3 is 0 Å². The quantitative estimate of drug-likeness (QED) is 0.782. The van der Waals surface area contributed by atoms with Crippen LogP contribution in [0.4, 0.5) is 8.78 Å². The average Bonchev–Trinajstić information content (AvgIpc) is 2.60. The third kappa shape index (κ3) is 4.51. The Kier molecular flexibility index (Phi) is 5.73. The first-order valence-corrected chi connectivity index (χ1v) is 7.76. The normalized spacial score (nSPS) is 18.5. The molecule has 1 aliphatic heterocycles. The summed E-state index contributed by atoms with van der Waals surface area (Å²) in [7, 11) is 0. The fraction of sp³-hybridized carbons (Fsp3) is 0.571. The first-order valence-electron chi connectivity index (χ1n) is 6.63. The Balaban J connectivity index is 1.94. The van der Waals surface area contributed by atoms with Gasteiger partial charge in [-0.1, -0.05) is 15.9 Å². The zero-order chi connectivity index (χ0) is 13.7. The molecule has 1 aliphatic rings. The molecule has 0 aromatic heterocycles. The lowest BCUT2D eigenvalue weighted by molar-refractivity contribution is 0.255. The van der Waals surface area contributed by atoms with Gasteiger partial charge in [-0.2, -0.15) is 0 Å². The molecule has 1 aromatic rings. The summed E-state index contributed by atoms with van der Waals surface area (Å²) < 4.78 is 26.8. The van der Waals surface area contributed by atoms with Gasteiger partial charge in [-0.3, -0.25) is 4.90 Å². The molecule has 19 heavy (non-hydrogen) atoms. The van der Waals surface area contributed by atoms with Gasteiger partial charge in [0, 0.05) is 37.1 Å². The second-order valence-corrected chi connectivity index (χ2v) is 5.69. The highest BCUT2D eigenvalue weighted by molar-refractivity contribution is 9.09. The van der Waals surface area contributed by atoms with Gasteiger partial charge in [0.1, 0.15) is 11.6 Å². The third-order valence-corrected chi connectivity index (χ3v) is 3.84. The molecular formula is C14H19BrF2N2. The predicted octanol–water partition coefficient (Wildman–Crippen LogP) is 2.87. The number of nitrogens with zero attached hydrogens (tertiary/aromatic N) is 2. The molecule has 0 bridgehead atoms. The van der Waals surface area contributed by atoms with Crippen molar-refractivity contribution in [1.82, 2.24) is 9.80 Å². The molecule has 1 heterocycles. The van der Waals surface area contributed by atoms with E-state index in [1.54, 1.807) is 0 Å². The highest BCUT2D eigenvalue weighted by Crippen LogP contribution is 2.14. The van der Waals surface area contributed by atoms with E-state index in [2.05, 4.69) is 25.7 Å². The molecule has 0 spiro atoms. The fourth-order valence-electron chi connectivity index (χ4n) is 2.43. The number of rotatable bonds is 4. The van der Waals surface area contributed by atoms with Gasteiger partial charge in [-0.25, -0.2) is 8.78 Å². The van der Waals surface area contributed by atoms with Gasteiger partial charge in [-0.05, 0) is 37.7 Å². The monoisotopic (exact) mass is 332 g/mol. The molecule has 0 unspecified atom stereocenters. The van der Waals surface area contributed by atoms with Crippen LogP contribution in [0.1, 0.15) is 12.0 Å². The minimum atomic E-state index is -0.368. The molecule has 0 atom stereocenters. The number of halogens is 3. The van der Waals surface area contributed by atoms with Crippen LogP contribution in [0.15, 0.2) is 18.2 Å². The second kappa shape index (κ2) is 7.31. The second-order valence-electron chi connectivity index (χ2n) is 4.90. The fourth-order valence-corrected chi connectivity index (χ4v) is 2.93. The SMILES string of the molecule is Fc1ccc(F)c(CN2CCCN(CCBr)CC2)c1. The van der Waals surface area contributed by atoms with Gasteiger partial charge < -0.3 is 4.90 Å². The lowest BCUT2D eigenvalue weighted by Gasteiger charge is -2.21. The van der Waals surface area contributed by atoms with Crippen molar-refractivity contribution in [2.75, 3.05) is 38.1 Å². The molecule has 0 N–H and O–H groups in total. The van der Waals surface area contributed by atoms with Crippen molar-refractivity contribution in [2.24, 2.45) is 0 Å². The van der Waals surface area contributed by atoms with E-state index in [0.717, 1.165) is 44.5 Å². The van der Waals surface area contributed by atoms with Crippen LogP contribution in [0.2, 0.25) is 0 Å². The molecule has 2 rings (SSSR count).